The summed E-state index contributed by atoms with van der Waals surface area (Å²) in [5, 5.41) is 3.68. The zero-order chi connectivity index (χ0) is 14.3. The highest BCUT2D eigenvalue weighted by Gasteiger charge is 2.34. The maximum atomic E-state index is 5.62. The normalized spacial score (nSPS) is 26.2. The van der Waals surface area contributed by atoms with Crippen LogP contribution in [0.15, 0.2) is 0 Å². The largest absolute Gasteiger partial charge is 0.381 e. The summed E-state index contributed by atoms with van der Waals surface area (Å²) in [4.78, 5) is 2.58. The lowest BCUT2D eigenvalue weighted by atomic mass is 9.85. The molecule has 20 heavy (non-hydrogen) atoms. The third-order valence-electron chi connectivity index (χ3n) is 5.02. The molecule has 3 heteroatoms. The number of ether oxygens (including phenoxy) is 1. The molecule has 0 spiro atoms. The van der Waals surface area contributed by atoms with Crippen LogP contribution in [0.3, 0.4) is 0 Å². The van der Waals surface area contributed by atoms with E-state index < -0.39 is 0 Å². The predicted octanol–water partition coefficient (Wildman–Crippen LogP) is 2.90. The van der Waals surface area contributed by atoms with Gasteiger partial charge in [0.2, 0.25) is 0 Å². The Morgan fingerprint density at radius 1 is 1.25 bits per heavy atom. The third-order valence-corrected chi connectivity index (χ3v) is 5.02. The van der Waals surface area contributed by atoms with E-state index in [2.05, 4.69) is 24.2 Å². The van der Waals surface area contributed by atoms with E-state index in [0.29, 0.717) is 5.41 Å². The van der Waals surface area contributed by atoms with Crippen LogP contribution >= 0.6 is 0 Å². The quantitative estimate of drug-likeness (QED) is 0.693. The zero-order valence-corrected chi connectivity index (χ0v) is 13.6. The second kappa shape index (κ2) is 8.35. The first-order valence-electron chi connectivity index (χ1n) is 8.71. The summed E-state index contributed by atoms with van der Waals surface area (Å²) in [6, 6.07) is 0. The van der Waals surface area contributed by atoms with E-state index in [0.717, 1.165) is 19.1 Å². The predicted molar refractivity (Wildman–Crippen MR) is 85.1 cm³/mol. The first-order chi connectivity index (χ1) is 9.74. The van der Waals surface area contributed by atoms with Crippen LogP contribution in [-0.2, 0) is 4.74 Å². The summed E-state index contributed by atoms with van der Waals surface area (Å²) in [5.74, 6) is 0.760. The highest BCUT2D eigenvalue weighted by atomic mass is 16.5. The first kappa shape index (κ1) is 16.3. The molecular formula is C17H34N2O. The lowest BCUT2D eigenvalue weighted by Crippen LogP contribution is -2.43. The molecule has 1 N–H and O–H groups in total. The van der Waals surface area contributed by atoms with Crippen LogP contribution in [0.5, 0.6) is 0 Å². The van der Waals surface area contributed by atoms with Gasteiger partial charge >= 0.3 is 0 Å². The topological polar surface area (TPSA) is 24.5 Å². The Kier molecular flexibility index (Phi) is 6.79. The number of rotatable bonds is 8. The number of nitrogens with zero attached hydrogens (tertiary/aromatic N) is 1. The average molecular weight is 282 g/mol. The fourth-order valence-electron chi connectivity index (χ4n) is 4.08. The van der Waals surface area contributed by atoms with Gasteiger partial charge in [-0.3, -0.25) is 0 Å². The minimum atomic E-state index is 0.541. The number of hydrogen-bond acceptors (Lipinski definition) is 3. The van der Waals surface area contributed by atoms with Gasteiger partial charge in [-0.05, 0) is 57.0 Å². The van der Waals surface area contributed by atoms with Gasteiger partial charge in [0.25, 0.3) is 0 Å². The fourth-order valence-corrected chi connectivity index (χ4v) is 4.08. The van der Waals surface area contributed by atoms with Crippen molar-refractivity contribution in [2.75, 3.05) is 46.4 Å². The molecule has 1 aliphatic carbocycles. The zero-order valence-electron chi connectivity index (χ0n) is 13.6. The van der Waals surface area contributed by atoms with Crippen molar-refractivity contribution in [1.82, 2.24) is 10.2 Å². The molecule has 3 nitrogen and oxygen atoms in total. The van der Waals surface area contributed by atoms with Gasteiger partial charge in [-0.15, -0.1) is 0 Å². The molecule has 0 aromatic heterocycles. The van der Waals surface area contributed by atoms with Gasteiger partial charge in [0.05, 0.1) is 6.61 Å². The van der Waals surface area contributed by atoms with Crippen molar-refractivity contribution in [3.8, 4) is 0 Å². The van der Waals surface area contributed by atoms with E-state index in [-0.39, 0.29) is 0 Å². The Bertz CT molecular complexity index is 258. The molecule has 1 heterocycles. The van der Waals surface area contributed by atoms with Gasteiger partial charge in [-0.25, -0.2) is 0 Å². The molecule has 1 saturated carbocycles. The maximum Gasteiger partial charge on any atom is 0.0506 e. The van der Waals surface area contributed by atoms with Crippen LogP contribution in [0.4, 0.5) is 0 Å². The number of hydrogen-bond donors (Lipinski definition) is 1. The second-order valence-electron chi connectivity index (χ2n) is 7.16. The van der Waals surface area contributed by atoms with Crippen LogP contribution in [0.1, 0.15) is 51.9 Å². The molecule has 1 unspecified atom stereocenters. The molecule has 2 aliphatic rings. The van der Waals surface area contributed by atoms with Gasteiger partial charge in [0.15, 0.2) is 0 Å². The number of nitrogens with one attached hydrogen (secondary N) is 1. The van der Waals surface area contributed by atoms with Crippen LogP contribution in [0.2, 0.25) is 0 Å². The van der Waals surface area contributed by atoms with E-state index in [1.54, 1.807) is 0 Å². The van der Waals surface area contributed by atoms with E-state index in [1.807, 2.05) is 0 Å². The summed E-state index contributed by atoms with van der Waals surface area (Å²) in [6.07, 6.45) is 9.52. The van der Waals surface area contributed by atoms with Crippen molar-refractivity contribution in [2.45, 2.75) is 51.9 Å². The monoisotopic (exact) mass is 282 g/mol. The van der Waals surface area contributed by atoms with Gasteiger partial charge < -0.3 is 15.0 Å². The lowest BCUT2D eigenvalue weighted by Gasteiger charge is -2.36. The Labute approximate surface area is 125 Å². The Morgan fingerprint density at radius 2 is 2.05 bits per heavy atom. The van der Waals surface area contributed by atoms with Crippen LogP contribution in [-0.4, -0.2) is 51.3 Å². The average Bonchev–Trinajstić information content (AvgIpc) is 2.88. The van der Waals surface area contributed by atoms with Crippen molar-refractivity contribution in [3.05, 3.63) is 0 Å². The minimum absolute atomic E-state index is 0.541. The SMILES string of the molecule is CCCNCC1(CN(C)CC2CCCOC2)CCCC1. The van der Waals surface area contributed by atoms with Crippen molar-refractivity contribution >= 4 is 0 Å². The fraction of sp³-hybridized carbons (Fsp3) is 1.00. The van der Waals surface area contributed by atoms with Crippen molar-refractivity contribution < 1.29 is 4.74 Å². The summed E-state index contributed by atoms with van der Waals surface area (Å²) < 4.78 is 5.62. The van der Waals surface area contributed by atoms with Crippen LogP contribution in [0, 0.1) is 11.3 Å². The van der Waals surface area contributed by atoms with Gasteiger partial charge in [-0.2, -0.15) is 0 Å². The molecule has 2 rings (SSSR count). The third kappa shape index (κ3) is 5.01. The summed E-state index contributed by atoms with van der Waals surface area (Å²) in [7, 11) is 2.31. The summed E-state index contributed by atoms with van der Waals surface area (Å²) >= 11 is 0. The van der Waals surface area contributed by atoms with Crippen LogP contribution < -0.4 is 5.32 Å². The standard InChI is InChI=1S/C17H34N2O/c1-3-10-18-14-17(8-4-5-9-17)15-19(2)12-16-7-6-11-20-13-16/h16,18H,3-15H2,1-2H3. The molecule has 0 aromatic rings. The molecular weight excluding hydrogens is 248 g/mol. The molecule has 0 bridgehead atoms. The smallest absolute Gasteiger partial charge is 0.0506 e. The van der Waals surface area contributed by atoms with E-state index in [9.17, 15) is 0 Å². The van der Waals surface area contributed by atoms with E-state index in [4.69, 9.17) is 4.74 Å². The van der Waals surface area contributed by atoms with Crippen molar-refractivity contribution in [1.29, 1.82) is 0 Å². The molecule has 2 fully saturated rings. The molecule has 0 amide bonds. The molecule has 118 valence electrons. The maximum absolute atomic E-state index is 5.62. The van der Waals surface area contributed by atoms with Gasteiger partial charge in [0, 0.05) is 26.2 Å². The molecule has 0 aromatic carbocycles. The first-order valence-corrected chi connectivity index (χ1v) is 8.71. The second-order valence-corrected chi connectivity index (χ2v) is 7.16. The lowest BCUT2D eigenvalue weighted by molar-refractivity contribution is 0.0356. The summed E-state index contributed by atoms with van der Waals surface area (Å²) in [5.41, 5.74) is 0.541. The molecule has 0 radical (unpaired) electrons. The molecule has 1 atom stereocenters. The minimum Gasteiger partial charge on any atom is -0.381 e. The van der Waals surface area contributed by atoms with Crippen molar-refractivity contribution in [3.63, 3.8) is 0 Å². The highest BCUT2D eigenvalue weighted by molar-refractivity contribution is 4.89. The summed E-state index contributed by atoms with van der Waals surface area (Å²) in [6.45, 7) is 9.07. The Balaban J connectivity index is 1.77. The molecule has 1 saturated heterocycles. The Morgan fingerprint density at radius 3 is 2.70 bits per heavy atom. The van der Waals surface area contributed by atoms with E-state index in [1.165, 1.54) is 71.1 Å². The molecule has 1 aliphatic heterocycles. The highest BCUT2D eigenvalue weighted by Crippen LogP contribution is 2.38. The van der Waals surface area contributed by atoms with Gasteiger partial charge in [-0.1, -0.05) is 19.8 Å². The Hall–Kier alpha value is -0.120. The van der Waals surface area contributed by atoms with E-state index >= 15 is 0 Å². The van der Waals surface area contributed by atoms with Crippen molar-refractivity contribution in [2.24, 2.45) is 11.3 Å². The van der Waals surface area contributed by atoms with Crippen LogP contribution in [0.25, 0.3) is 0 Å². The van der Waals surface area contributed by atoms with Gasteiger partial charge in [0.1, 0.15) is 0 Å².